The third kappa shape index (κ3) is 2.74. The van der Waals surface area contributed by atoms with E-state index in [1.807, 2.05) is 29.2 Å². The van der Waals surface area contributed by atoms with E-state index in [1.165, 1.54) is 4.68 Å². The van der Waals surface area contributed by atoms with E-state index < -0.39 is 0 Å². The predicted molar refractivity (Wildman–Crippen MR) is 89.9 cm³/mol. The summed E-state index contributed by atoms with van der Waals surface area (Å²) in [6.07, 6.45) is 0.882. The SMILES string of the molecule is CC[C@H](C)[C@H]1C(=O)Nc2ccccc2CN1c1nc(N)n(C)n1. The van der Waals surface area contributed by atoms with Crippen LogP contribution in [0.1, 0.15) is 25.8 Å². The van der Waals surface area contributed by atoms with Gasteiger partial charge < -0.3 is 16.0 Å². The second-order valence-corrected chi connectivity index (χ2v) is 6.00. The summed E-state index contributed by atoms with van der Waals surface area (Å²) in [4.78, 5) is 19.1. The number of nitrogen functional groups attached to an aromatic ring is 1. The number of nitrogens with zero attached hydrogens (tertiary/aromatic N) is 4. The Bertz CT molecular complexity index is 706. The van der Waals surface area contributed by atoms with E-state index in [2.05, 4.69) is 29.2 Å². The number of nitrogens with two attached hydrogens (primary N) is 1. The zero-order chi connectivity index (χ0) is 16.6. The largest absolute Gasteiger partial charge is 0.368 e. The Kier molecular flexibility index (Phi) is 3.94. The molecule has 0 saturated carbocycles. The van der Waals surface area contributed by atoms with Gasteiger partial charge in [0.2, 0.25) is 17.8 Å². The summed E-state index contributed by atoms with van der Waals surface area (Å²) in [7, 11) is 1.75. The Morgan fingerprint density at radius 3 is 2.83 bits per heavy atom. The summed E-state index contributed by atoms with van der Waals surface area (Å²) in [5.74, 6) is 0.952. The standard InChI is InChI=1S/C16H22N6O/c1-4-10(2)13-14(23)18-12-8-6-5-7-11(12)9-22(13)16-19-15(17)21(3)20-16/h5-8,10,13H,4,9H2,1-3H3,(H,18,23)(H2,17,19,20)/t10-,13-/m0/s1. The molecule has 0 bridgehead atoms. The Labute approximate surface area is 135 Å². The third-order valence-electron chi connectivity index (χ3n) is 4.45. The van der Waals surface area contributed by atoms with Crippen LogP contribution in [-0.4, -0.2) is 26.7 Å². The topological polar surface area (TPSA) is 89.1 Å². The average molecular weight is 314 g/mol. The first-order valence-corrected chi connectivity index (χ1v) is 7.83. The second kappa shape index (κ2) is 5.91. The van der Waals surface area contributed by atoms with Crippen molar-refractivity contribution in [1.82, 2.24) is 14.8 Å². The minimum Gasteiger partial charge on any atom is -0.368 e. The van der Waals surface area contributed by atoms with Crippen molar-refractivity contribution in [3.63, 3.8) is 0 Å². The average Bonchev–Trinajstić information content (AvgIpc) is 2.78. The molecule has 3 rings (SSSR count). The summed E-state index contributed by atoms with van der Waals surface area (Å²) in [5.41, 5.74) is 7.72. The molecule has 23 heavy (non-hydrogen) atoms. The van der Waals surface area contributed by atoms with Crippen molar-refractivity contribution in [2.45, 2.75) is 32.9 Å². The van der Waals surface area contributed by atoms with Crippen molar-refractivity contribution in [1.29, 1.82) is 0 Å². The van der Waals surface area contributed by atoms with Gasteiger partial charge in [-0.1, -0.05) is 38.5 Å². The molecular weight excluding hydrogens is 292 g/mol. The van der Waals surface area contributed by atoms with Crippen LogP contribution in [0.2, 0.25) is 0 Å². The maximum Gasteiger partial charge on any atom is 0.247 e. The number of para-hydroxylation sites is 1. The molecule has 0 saturated heterocycles. The van der Waals surface area contributed by atoms with Gasteiger partial charge >= 0.3 is 0 Å². The van der Waals surface area contributed by atoms with Crippen LogP contribution in [0, 0.1) is 5.92 Å². The summed E-state index contributed by atoms with van der Waals surface area (Å²) < 4.78 is 1.53. The highest BCUT2D eigenvalue weighted by Crippen LogP contribution is 2.29. The first kappa shape index (κ1) is 15.3. The second-order valence-electron chi connectivity index (χ2n) is 6.00. The molecule has 1 aliphatic heterocycles. The van der Waals surface area contributed by atoms with E-state index in [-0.39, 0.29) is 17.9 Å². The molecular formula is C16H22N6O. The quantitative estimate of drug-likeness (QED) is 0.901. The van der Waals surface area contributed by atoms with E-state index in [9.17, 15) is 4.79 Å². The molecule has 1 aliphatic rings. The lowest BCUT2D eigenvalue weighted by Gasteiger charge is -2.31. The van der Waals surface area contributed by atoms with Crippen LogP contribution >= 0.6 is 0 Å². The van der Waals surface area contributed by atoms with Gasteiger partial charge in [-0.05, 0) is 17.5 Å². The van der Waals surface area contributed by atoms with Crippen LogP contribution in [0.3, 0.4) is 0 Å². The highest BCUT2D eigenvalue weighted by Gasteiger charge is 2.35. The molecule has 0 fully saturated rings. The number of amides is 1. The zero-order valence-electron chi connectivity index (χ0n) is 13.7. The number of benzene rings is 1. The molecule has 2 heterocycles. The Hall–Kier alpha value is -2.57. The first-order chi connectivity index (χ1) is 11.0. The molecule has 122 valence electrons. The lowest BCUT2D eigenvalue weighted by molar-refractivity contribution is -0.118. The monoisotopic (exact) mass is 314 g/mol. The number of anilines is 3. The molecule has 3 N–H and O–H groups in total. The minimum absolute atomic E-state index is 0.0321. The van der Waals surface area contributed by atoms with Gasteiger partial charge in [-0.15, -0.1) is 5.10 Å². The fourth-order valence-corrected chi connectivity index (χ4v) is 2.90. The van der Waals surface area contributed by atoms with Gasteiger partial charge in [0.1, 0.15) is 6.04 Å². The molecule has 2 atom stereocenters. The van der Waals surface area contributed by atoms with Crippen LogP contribution in [0.15, 0.2) is 24.3 Å². The molecule has 1 amide bonds. The van der Waals surface area contributed by atoms with Gasteiger partial charge in [0, 0.05) is 19.3 Å². The number of rotatable bonds is 3. The number of hydrogen-bond donors (Lipinski definition) is 2. The lowest BCUT2D eigenvalue weighted by Crippen LogP contribution is -2.46. The fourth-order valence-electron chi connectivity index (χ4n) is 2.90. The lowest BCUT2D eigenvalue weighted by atomic mass is 9.97. The van der Waals surface area contributed by atoms with Crippen molar-refractivity contribution in [2.75, 3.05) is 16.0 Å². The van der Waals surface area contributed by atoms with Crippen LogP contribution < -0.4 is 16.0 Å². The maximum atomic E-state index is 12.8. The maximum absolute atomic E-state index is 12.8. The fraction of sp³-hybridized carbons (Fsp3) is 0.438. The van der Waals surface area contributed by atoms with Gasteiger partial charge in [-0.2, -0.15) is 4.98 Å². The predicted octanol–water partition coefficient (Wildman–Crippen LogP) is 1.77. The van der Waals surface area contributed by atoms with Crippen LogP contribution in [-0.2, 0) is 18.4 Å². The number of hydrogen-bond acceptors (Lipinski definition) is 5. The summed E-state index contributed by atoms with van der Waals surface area (Å²) in [6, 6.07) is 7.48. The van der Waals surface area contributed by atoms with Crippen LogP contribution in [0.5, 0.6) is 0 Å². The smallest absolute Gasteiger partial charge is 0.247 e. The van der Waals surface area contributed by atoms with E-state index in [0.717, 1.165) is 17.7 Å². The van der Waals surface area contributed by atoms with E-state index in [4.69, 9.17) is 5.73 Å². The number of aryl methyl sites for hydroxylation is 1. The minimum atomic E-state index is -0.339. The van der Waals surface area contributed by atoms with Crippen LogP contribution in [0.4, 0.5) is 17.6 Å². The van der Waals surface area contributed by atoms with Gasteiger partial charge in [0.05, 0.1) is 0 Å². The number of carbonyl (C=O) groups is 1. The normalized spacial score (nSPS) is 19.0. The third-order valence-corrected chi connectivity index (χ3v) is 4.45. The van der Waals surface area contributed by atoms with Gasteiger partial charge in [-0.25, -0.2) is 4.68 Å². The number of fused-ring (bicyclic) bond motifs is 1. The molecule has 7 heteroatoms. The van der Waals surface area contributed by atoms with Gasteiger partial charge in [0.25, 0.3) is 0 Å². The summed E-state index contributed by atoms with van der Waals surface area (Å²) >= 11 is 0. The Morgan fingerprint density at radius 1 is 1.43 bits per heavy atom. The van der Waals surface area contributed by atoms with E-state index in [0.29, 0.717) is 18.4 Å². The number of carbonyl (C=O) groups excluding carboxylic acids is 1. The van der Waals surface area contributed by atoms with Crippen molar-refractivity contribution in [3.8, 4) is 0 Å². The molecule has 0 aliphatic carbocycles. The molecule has 0 radical (unpaired) electrons. The van der Waals surface area contributed by atoms with Crippen molar-refractivity contribution < 1.29 is 4.79 Å². The van der Waals surface area contributed by atoms with Crippen molar-refractivity contribution in [3.05, 3.63) is 29.8 Å². The molecule has 0 spiro atoms. The first-order valence-electron chi connectivity index (χ1n) is 7.83. The van der Waals surface area contributed by atoms with E-state index in [1.54, 1.807) is 7.05 Å². The van der Waals surface area contributed by atoms with Gasteiger partial charge in [-0.3, -0.25) is 4.79 Å². The van der Waals surface area contributed by atoms with Crippen molar-refractivity contribution >= 4 is 23.5 Å². The molecule has 2 aromatic rings. The van der Waals surface area contributed by atoms with Gasteiger partial charge in [0.15, 0.2) is 0 Å². The molecule has 7 nitrogen and oxygen atoms in total. The highest BCUT2D eigenvalue weighted by atomic mass is 16.2. The van der Waals surface area contributed by atoms with Crippen molar-refractivity contribution in [2.24, 2.45) is 13.0 Å². The Balaban J connectivity index is 2.08. The summed E-state index contributed by atoms with van der Waals surface area (Å²) in [5, 5.41) is 7.41. The summed E-state index contributed by atoms with van der Waals surface area (Å²) in [6.45, 7) is 4.71. The molecule has 1 aromatic heterocycles. The zero-order valence-corrected chi connectivity index (χ0v) is 13.7. The van der Waals surface area contributed by atoms with E-state index >= 15 is 0 Å². The molecule has 1 aromatic carbocycles. The number of aromatic nitrogens is 3. The van der Waals surface area contributed by atoms with Crippen LogP contribution in [0.25, 0.3) is 0 Å². The Morgan fingerprint density at radius 2 is 2.17 bits per heavy atom. The number of nitrogens with one attached hydrogen (secondary N) is 1. The molecule has 0 unspecified atom stereocenters. The highest BCUT2D eigenvalue weighted by molar-refractivity contribution is 5.98.